The maximum Gasteiger partial charge on any atom is 0.330 e. The third-order valence-electron chi connectivity index (χ3n) is 9.77. The van der Waals surface area contributed by atoms with E-state index >= 15 is 0 Å². The van der Waals surface area contributed by atoms with Gasteiger partial charge in [-0.05, 0) is 63.5 Å². The number of carboxylic acids is 1. The van der Waals surface area contributed by atoms with Gasteiger partial charge in [0.05, 0.1) is 30.2 Å². The number of pyridine rings is 1. The summed E-state index contributed by atoms with van der Waals surface area (Å²) < 4.78 is 12.3. The number of thiazole rings is 1. The molecule has 48 heavy (non-hydrogen) atoms. The average Bonchev–Trinajstić information content (AvgIpc) is 3.38. The van der Waals surface area contributed by atoms with Crippen LogP contribution in [0.5, 0.6) is 11.5 Å². The second-order valence-corrected chi connectivity index (χ2v) is 14.1. The van der Waals surface area contributed by atoms with Crippen molar-refractivity contribution in [3.8, 4) is 22.2 Å². The first kappa shape index (κ1) is 35.3. The van der Waals surface area contributed by atoms with Crippen molar-refractivity contribution < 1.29 is 29.0 Å². The number of methoxy groups -OCH3 is 1. The first-order valence-corrected chi connectivity index (χ1v) is 18.0. The lowest BCUT2D eigenvalue weighted by Gasteiger charge is -2.26. The normalized spacial score (nSPS) is 26.5. The van der Waals surface area contributed by atoms with Crippen LogP contribution in [0.25, 0.3) is 21.6 Å². The zero-order valence-electron chi connectivity index (χ0n) is 29.0. The highest BCUT2D eigenvalue weighted by Crippen LogP contribution is 2.47. The molecule has 11 heteroatoms. The van der Waals surface area contributed by atoms with Gasteiger partial charge in [0, 0.05) is 41.9 Å². The molecule has 3 heterocycles. The Bertz CT molecular complexity index is 1700. The molecule has 2 fully saturated rings. The molecule has 0 radical (unpaired) electrons. The number of hydrogen-bond donors (Lipinski definition) is 2. The molecular formula is C37H48N4O6S. The van der Waals surface area contributed by atoms with E-state index in [2.05, 4.69) is 19.2 Å². The Morgan fingerprint density at radius 2 is 1.88 bits per heavy atom. The van der Waals surface area contributed by atoms with Crippen LogP contribution in [0.2, 0.25) is 0 Å². The molecule has 3 aromatic rings. The van der Waals surface area contributed by atoms with E-state index in [0.717, 1.165) is 46.4 Å². The minimum absolute atomic E-state index is 0.111. The van der Waals surface area contributed by atoms with Gasteiger partial charge in [-0.3, -0.25) is 9.59 Å². The minimum atomic E-state index is -1.33. The minimum Gasteiger partial charge on any atom is -0.496 e. The van der Waals surface area contributed by atoms with Crippen LogP contribution < -0.4 is 14.8 Å². The Kier molecular flexibility index (Phi) is 10.8. The number of carbonyl (C=O) groups excluding carboxylic acids is 2. The van der Waals surface area contributed by atoms with Crippen molar-refractivity contribution in [1.29, 1.82) is 0 Å². The first-order chi connectivity index (χ1) is 23.0. The number of nitrogens with zero attached hydrogens (tertiary/aromatic N) is 3. The van der Waals surface area contributed by atoms with Crippen molar-refractivity contribution in [3.05, 3.63) is 47.0 Å². The van der Waals surface area contributed by atoms with E-state index in [1.807, 2.05) is 56.5 Å². The summed E-state index contributed by atoms with van der Waals surface area (Å²) in [6.45, 7) is 10.8. The summed E-state index contributed by atoms with van der Waals surface area (Å²) in [6.07, 6.45) is 6.97. The van der Waals surface area contributed by atoms with Gasteiger partial charge in [0.25, 0.3) is 0 Å². The van der Waals surface area contributed by atoms with Gasteiger partial charge in [0.2, 0.25) is 11.8 Å². The lowest BCUT2D eigenvalue weighted by atomic mass is 9.93. The number of aromatic nitrogens is 2. The highest BCUT2D eigenvalue weighted by Gasteiger charge is 2.61. The standard InChI is InChI=1S/C35H42N4O6S.C2H6/c1-19(2)27-18-46-32(37-27)26-16-29(23-11-12-28(44-5)20(3)30(23)36-26)45-22-14-24-25(15-22)33(41)39(4)13-9-7-6-8-10-21-17-35(21,34(42)43)38-31(24)40;1-2/h8,10-12,16,18-19,21-22,24-25H,6-7,9,13-15,17H2,1-5H3,(H,38,40)(H,42,43);1-2H3/b10-8-;/t21-,22-,24-,25-,35-;/m1./s1. The zero-order valence-corrected chi connectivity index (χ0v) is 29.9. The predicted molar refractivity (Wildman–Crippen MR) is 187 cm³/mol. The van der Waals surface area contributed by atoms with Crippen molar-refractivity contribution in [2.45, 2.75) is 90.7 Å². The topological polar surface area (TPSA) is 131 Å². The van der Waals surface area contributed by atoms with E-state index in [1.54, 1.807) is 19.1 Å². The van der Waals surface area contributed by atoms with Crippen LogP contribution in [0.1, 0.15) is 83.4 Å². The lowest BCUT2D eigenvalue weighted by Crippen LogP contribution is -2.49. The molecule has 3 aliphatic rings. The van der Waals surface area contributed by atoms with Crippen LogP contribution in [0.4, 0.5) is 0 Å². The Hall–Kier alpha value is -3.99. The van der Waals surface area contributed by atoms with Gasteiger partial charge in [-0.25, -0.2) is 14.8 Å². The Labute approximate surface area is 286 Å². The lowest BCUT2D eigenvalue weighted by molar-refractivity contribution is -0.145. The number of ether oxygens (including phenoxy) is 2. The van der Waals surface area contributed by atoms with Crippen molar-refractivity contribution in [3.63, 3.8) is 0 Å². The summed E-state index contributed by atoms with van der Waals surface area (Å²) in [4.78, 5) is 51.5. The van der Waals surface area contributed by atoms with E-state index < -0.39 is 35.4 Å². The number of fused-ring (bicyclic) bond motifs is 3. The van der Waals surface area contributed by atoms with E-state index in [0.29, 0.717) is 36.6 Å². The third kappa shape index (κ3) is 6.92. The Balaban J connectivity index is 0.00000221. The molecule has 0 saturated heterocycles. The van der Waals surface area contributed by atoms with Crippen LogP contribution in [-0.2, 0) is 14.4 Å². The summed E-state index contributed by atoms with van der Waals surface area (Å²) in [5.41, 5.74) is 1.94. The van der Waals surface area contributed by atoms with E-state index in [-0.39, 0.29) is 24.2 Å². The van der Waals surface area contributed by atoms with Crippen LogP contribution in [0.15, 0.2) is 35.7 Å². The van der Waals surface area contributed by atoms with Gasteiger partial charge >= 0.3 is 5.97 Å². The number of carbonyl (C=O) groups is 3. The molecule has 0 bridgehead atoms. The second kappa shape index (κ2) is 14.6. The van der Waals surface area contributed by atoms with Crippen molar-refractivity contribution >= 4 is 40.0 Å². The highest BCUT2D eigenvalue weighted by atomic mass is 32.1. The van der Waals surface area contributed by atoms with Crippen LogP contribution in [-0.4, -0.2) is 70.1 Å². The average molecular weight is 677 g/mol. The maximum absolute atomic E-state index is 13.8. The van der Waals surface area contributed by atoms with Crippen molar-refractivity contribution in [1.82, 2.24) is 20.2 Å². The fourth-order valence-electron chi connectivity index (χ4n) is 6.85. The van der Waals surface area contributed by atoms with Crippen LogP contribution in [0, 0.1) is 24.7 Å². The number of rotatable bonds is 6. The second-order valence-electron chi connectivity index (χ2n) is 13.2. The molecule has 2 saturated carbocycles. The Morgan fingerprint density at radius 3 is 2.56 bits per heavy atom. The number of allylic oxidation sites excluding steroid dienone is 1. The SMILES string of the molecule is CC.COc1ccc2c(O[C@@H]3C[C@H]4C(=O)N[C@]5(C(=O)O)C[C@H]5/C=C\CCCCN(C)C(=O)[C@@H]4C3)cc(-c3nc(C(C)C)cs3)nc2c1C. The summed E-state index contributed by atoms with van der Waals surface area (Å²) >= 11 is 1.53. The largest absolute Gasteiger partial charge is 0.496 e. The molecule has 0 spiro atoms. The Morgan fingerprint density at radius 1 is 1.12 bits per heavy atom. The highest BCUT2D eigenvalue weighted by molar-refractivity contribution is 7.13. The smallest absolute Gasteiger partial charge is 0.330 e. The summed E-state index contributed by atoms with van der Waals surface area (Å²) in [5.74, 6) is -1.58. The number of aryl methyl sites for hydroxylation is 1. The fraction of sp³-hybridized carbons (Fsp3) is 0.541. The first-order valence-electron chi connectivity index (χ1n) is 17.1. The molecule has 2 N–H and O–H groups in total. The van der Waals surface area contributed by atoms with E-state index in [9.17, 15) is 19.5 Å². The molecule has 1 aliphatic heterocycles. The molecule has 2 aliphatic carbocycles. The number of nitrogens with one attached hydrogen (secondary N) is 1. The van der Waals surface area contributed by atoms with Crippen LogP contribution >= 0.6 is 11.3 Å². The van der Waals surface area contributed by atoms with E-state index in [1.165, 1.54) is 11.3 Å². The van der Waals surface area contributed by atoms with Gasteiger partial charge in [-0.2, -0.15) is 0 Å². The summed E-state index contributed by atoms with van der Waals surface area (Å²) in [5, 5.41) is 16.6. The number of aliphatic carboxylic acids is 1. The maximum atomic E-state index is 13.8. The van der Waals surface area contributed by atoms with Gasteiger partial charge < -0.3 is 24.8 Å². The van der Waals surface area contributed by atoms with Gasteiger partial charge in [0.1, 0.15) is 33.8 Å². The quantitative estimate of drug-likeness (QED) is 0.274. The molecule has 10 nitrogen and oxygen atoms in total. The number of carboxylic acid groups (broad SMARTS) is 1. The van der Waals surface area contributed by atoms with Gasteiger partial charge in [0.15, 0.2) is 0 Å². The predicted octanol–water partition coefficient (Wildman–Crippen LogP) is 6.76. The molecule has 2 amide bonds. The number of benzene rings is 1. The van der Waals surface area contributed by atoms with Gasteiger partial charge in [-0.1, -0.05) is 39.8 Å². The fourth-order valence-corrected chi connectivity index (χ4v) is 7.79. The molecular weight excluding hydrogens is 628 g/mol. The molecule has 5 atom stereocenters. The van der Waals surface area contributed by atoms with Crippen molar-refractivity contribution in [2.75, 3.05) is 20.7 Å². The van der Waals surface area contributed by atoms with Gasteiger partial charge in [-0.15, -0.1) is 11.3 Å². The zero-order chi connectivity index (χ0) is 34.7. The monoisotopic (exact) mass is 676 g/mol. The molecule has 2 aromatic heterocycles. The van der Waals surface area contributed by atoms with Crippen molar-refractivity contribution in [2.24, 2.45) is 17.8 Å². The van der Waals surface area contributed by atoms with Crippen LogP contribution in [0.3, 0.4) is 0 Å². The number of amides is 2. The third-order valence-corrected chi connectivity index (χ3v) is 10.7. The molecule has 6 rings (SSSR count). The molecule has 258 valence electrons. The van der Waals surface area contributed by atoms with E-state index in [4.69, 9.17) is 19.4 Å². The molecule has 1 aromatic carbocycles. The summed E-state index contributed by atoms with van der Waals surface area (Å²) in [6, 6.07) is 5.70. The molecule has 0 unspecified atom stereocenters. The number of hydrogen-bond acceptors (Lipinski definition) is 8. The summed E-state index contributed by atoms with van der Waals surface area (Å²) in [7, 11) is 3.41.